The molecule has 2 atom stereocenters. The highest BCUT2D eigenvalue weighted by atomic mass is 15.3. The van der Waals surface area contributed by atoms with Crippen LogP contribution in [0.25, 0.3) is 0 Å². The maximum atomic E-state index is 5.58. The van der Waals surface area contributed by atoms with E-state index in [9.17, 15) is 0 Å². The molecule has 100 valence electrons. The molecule has 0 radical (unpaired) electrons. The van der Waals surface area contributed by atoms with Crippen LogP contribution in [-0.2, 0) is 13.1 Å². The molecular weight excluding hydrogens is 224 g/mol. The normalized spacial score (nSPS) is 26.4. The Hall–Kier alpha value is -0.970. The van der Waals surface area contributed by atoms with E-state index in [1.807, 2.05) is 6.20 Å². The number of aromatic nitrogens is 1. The fourth-order valence-electron chi connectivity index (χ4n) is 2.54. The molecule has 2 heterocycles. The van der Waals surface area contributed by atoms with Gasteiger partial charge in [-0.1, -0.05) is 6.07 Å². The number of likely N-dealkylation sites (N-methyl/N-ethyl adjacent to an activating group) is 1. The van der Waals surface area contributed by atoms with Crippen LogP contribution in [0.3, 0.4) is 0 Å². The van der Waals surface area contributed by atoms with Gasteiger partial charge in [-0.25, -0.2) is 0 Å². The van der Waals surface area contributed by atoms with Gasteiger partial charge in [0.15, 0.2) is 0 Å². The maximum Gasteiger partial charge on any atom is 0.0544 e. The average molecular weight is 248 g/mol. The largest absolute Gasteiger partial charge is 0.326 e. The molecule has 1 aromatic rings. The summed E-state index contributed by atoms with van der Waals surface area (Å²) in [6, 6.07) is 5.38. The first-order chi connectivity index (χ1) is 8.60. The monoisotopic (exact) mass is 248 g/mol. The zero-order valence-electron chi connectivity index (χ0n) is 11.6. The van der Waals surface area contributed by atoms with Crippen LogP contribution >= 0.6 is 0 Å². The van der Waals surface area contributed by atoms with Crippen LogP contribution in [0.2, 0.25) is 0 Å². The average Bonchev–Trinajstić information content (AvgIpc) is 2.37. The molecule has 4 nitrogen and oxygen atoms in total. The number of nitrogens with two attached hydrogens (primary N) is 1. The highest BCUT2D eigenvalue weighted by Crippen LogP contribution is 2.15. The molecule has 1 aliphatic rings. The molecular formula is C14H24N4. The molecule has 0 amide bonds. The molecule has 18 heavy (non-hydrogen) atoms. The second-order valence-electron chi connectivity index (χ2n) is 5.42. The summed E-state index contributed by atoms with van der Waals surface area (Å²) in [6.45, 7) is 8.30. The van der Waals surface area contributed by atoms with Crippen LogP contribution in [-0.4, -0.2) is 47.0 Å². The van der Waals surface area contributed by atoms with Crippen LogP contribution in [0.1, 0.15) is 25.1 Å². The smallest absolute Gasteiger partial charge is 0.0544 e. The van der Waals surface area contributed by atoms with E-state index in [0.29, 0.717) is 18.6 Å². The van der Waals surface area contributed by atoms with Crippen molar-refractivity contribution in [3.05, 3.63) is 29.6 Å². The molecule has 0 aromatic carbocycles. The van der Waals surface area contributed by atoms with Gasteiger partial charge in [0.2, 0.25) is 0 Å². The molecule has 4 heteroatoms. The third kappa shape index (κ3) is 3.07. The van der Waals surface area contributed by atoms with E-state index in [1.54, 1.807) is 0 Å². The molecule has 0 spiro atoms. The lowest BCUT2D eigenvalue weighted by Gasteiger charge is -2.42. The van der Waals surface area contributed by atoms with Gasteiger partial charge in [0.1, 0.15) is 0 Å². The summed E-state index contributed by atoms with van der Waals surface area (Å²) >= 11 is 0. The predicted octanol–water partition coefficient (Wildman–Crippen LogP) is 1.06. The molecule has 2 N–H and O–H groups in total. The Bertz CT molecular complexity index is 364. The third-order valence-corrected chi connectivity index (χ3v) is 3.94. The highest BCUT2D eigenvalue weighted by Gasteiger charge is 2.26. The van der Waals surface area contributed by atoms with Crippen LogP contribution in [0.5, 0.6) is 0 Å². The predicted molar refractivity (Wildman–Crippen MR) is 74.1 cm³/mol. The summed E-state index contributed by atoms with van der Waals surface area (Å²) in [4.78, 5) is 9.41. The lowest BCUT2D eigenvalue weighted by molar-refractivity contribution is 0.0549. The van der Waals surface area contributed by atoms with Crippen molar-refractivity contribution in [3.8, 4) is 0 Å². The summed E-state index contributed by atoms with van der Waals surface area (Å²) in [5.74, 6) is 0. The SMILES string of the molecule is CC1CN(Cc2ccc(CN)cn2)CC(C)N1C. The minimum atomic E-state index is 0.565. The molecule has 1 aliphatic heterocycles. The fourth-order valence-corrected chi connectivity index (χ4v) is 2.54. The Kier molecular flexibility index (Phi) is 4.32. The number of hydrogen-bond donors (Lipinski definition) is 1. The van der Waals surface area contributed by atoms with Gasteiger partial charge in [0.05, 0.1) is 5.69 Å². The van der Waals surface area contributed by atoms with E-state index in [4.69, 9.17) is 5.73 Å². The first-order valence-electron chi connectivity index (χ1n) is 6.68. The van der Waals surface area contributed by atoms with Crippen LogP contribution in [0.15, 0.2) is 18.3 Å². The molecule has 0 saturated carbocycles. The van der Waals surface area contributed by atoms with Gasteiger partial charge in [0, 0.05) is 44.5 Å². The van der Waals surface area contributed by atoms with Gasteiger partial charge < -0.3 is 5.73 Å². The molecule has 0 bridgehead atoms. The second kappa shape index (κ2) is 5.78. The lowest BCUT2D eigenvalue weighted by Crippen LogP contribution is -2.54. The van der Waals surface area contributed by atoms with E-state index < -0.39 is 0 Å². The standard InChI is InChI=1S/C14H24N4/c1-11-8-18(9-12(2)17(11)3)10-14-5-4-13(6-15)7-16-14/h4-5,7,11-12H,6,8-10,15H2,1-3H3. The van der Waals surface area contributed by atoms with Crippen molar-refractivity contribution in [3.63, 3.8) is 0 Å². The summed E-state index contributed by atoms with van der Waals surface area (Å²) in [6.07, 6.45) is 1.89. The molecule has 1 saturated heterocycles. The van der Waals surface area contributed by atoms with Gasteiger partial charge in [0.25, 0.3) is 0 Å². The second-order valence-corrected chi connectivity index (χ2v) is 5.42. The highest BCUT2D eigenvalue weighted by molar-refractivity contribution is 5.13. The number of piperazine rings is 1. The van der Waals surface area contributed by atoms with Crippen LogP contribution in [0, 0.1) is 0 Å². The fraction of sp³-hybridized carbons (Fsp3) is 0.643. The van der Waals surface area contributed by atoms with Crippen molar-refractivity contribution in [1.82, 2.24) is 14.8 Å². The van der Waals surface area contributed by atoms with E-state index >= 15 is 0 Å². The Morgan fingerprint density at radius 1 is 1.28 bits per heavy atom. The van der Waals surface area contributed by atoms with E-state index in [0.717, 1.165) is 30.9 Å². The number of nitrogens with zero attached hydrogens (tertiary/aromatic N) is 3. The minimum Gasteiger partial charge on any atom is -0.326 e. The van der Waals surface area contributed by atoms with Crippen molar-refractivity contribution in [2.45, 2.75) is 39.0 Å². The number of rotatable bonds is 3. The Labute approximate surface area is 110 Å². The Balaban J connectivity index is 1.96. The van der Waals surface area contributed by atoms with Crippen molar-refractivity contribution < 1.29 is 0 Å². The summed E-state index contributed by atoms with van der Waals surface area (Å²) < 4.78 is 0. The zero-order chi connectivity index (χ0) is 13.1. The molecule has 2 unspecified atom stereocenters. The Morgan fingerprint density at radius 2 is 1.94 bits per heavy atom. The van der Waals surface area contributed by atoms with Gasteiger partial charge in [-0.3, -0.25) is 14.8 Å². The first kappa shape index (κ1) is 13.5. The molecule has 1 fully saturated rings. The van der Waals surface area contributed by atoms with Crippen molar-refractivity contribution in [1.29, 1.82) is 0 Å². The summed E-state index contributed by atoms with van der Waals surface area (Å²) in [5, 5.41) is 0. The number of pyridine rings is 1. The van der Waals surface area contributed by atoms with Crippen molar-refractivity contribution in [2.24, 2.45) is 5.73 Å². The van der Waals surface area contributed by atoms with Crippen molar-refractivity contribution in [2.75, 3.05) is 20.1 Å². The van der Waals surface area contributed by atoms with Gasteiger partial charge in [-0.15, -0.1) is 0 Å². The van der Waals surface area contributed by atoms with E-state index in [2.05, 4.69) is 47.8 Å². The third-order valence-electron chi connectivity index (χ3n) is 3.94. The van der Waals surface area contributed by atoms with E-state index in [1.165, 1.54) is 0 Å². The topological polar surface area (TPSA) is 45.4 Å². The van der Waals surface area contributed by atoms with Crippen LogP contribution < -0.4 is 5.73 Å². The molecule has 1 aromatic heterocycles. The zero-order valence-corrected chi connectivity index (χ0v) is 11.6. The van der Waals surface area contributed by atoms with Crippen molar-refractivity contribution >= 4 is 0 Å². The van der Waals surface area contributed by atoms with Gasteiger partial charge in [-0.05, 0) is 32.5 Å². The maximum absolute atomic E-state index is 5.58. The van der Waals surface area contributed by atoms with Crippen LogP contribution in [0.4, 0.5) is 0 Å². The quantitative estimate of drug-likeness (QED) is 0.869. The lowest BCUT2D eigenvalue weighted by atomic mass is 10.1. The minimum absolute atomic E-state index is 0.565. The Morgan fingerprint density at radius 3 is 2.44 bits per heavy atom. The summed E-state index contributed by atoms with van der Waals surface area (Å²) in [7, 11) is 2.21. The van der Waals surface area contributed by atoms with Gasteiger partial charge >= 0.3 is 0 Å². The molecule has 0 aliphatic carbocycles. The first-order valence-corrected chi connectivity index (χ1v) is 6.68. The molecule has 2 rings (SSSR count). The summed E-state index contributed by atoms with van der Waals surface area (Å²) in [5.41, 5.74) is 7.81. The number of hydrogen-bond acceptors (Lipinski definition) is 4. The van der Waals surface area contributed by atoms with E-state index in [-0.39, 0.29) is 0 Å². The van der Waals surface area contributed by atoms with Gasteiger partial charge in [-0.2, -0.15) is 0 Å².